The van der Waals surface area contributed by atoms with Crippen molar-refractivity contribution in [1.29, 1.82) is 5.41 Å². The maximum atomic E-state index is 8.06. The van der Waals surface area contributed by atoms with Crippen LogP contribution in [0.15, 0.2) is 152 Å². The molecule has 0 radical (unpaired) electrons. The van der Waals surface area contributed by atoms with Gasteiger partial charge in [-0.15, -0.1) is 0 Å². The van der Waals surface area contributed by atoms with E-state index in [0.29, 0.717) is 12.1 Å². The first-order valence-corrected chi connectivity index (χ1v) is 15.5. The van der Waals surface area contributed by atoms with Crippen LogP contribution in [-0.2, 0) is 0 Å². The maximum absolute atomic E-state index is 8.06. The molecule has 7 rings (SSSR count). The monoisotopic (exact) mass is 583 g/mol. The molecule has 0 bridgehead atoms. The number of hydrogen-bond donors (Lipinski definition) is 2. The molecule has 3 nitrogen and oxygen atoms in total. The molecule has 45 heavy (non-hydrogen) atoms. The van der Waals surface area contributed by atoms with Crippen LogP contribution in [0.5, 0.6) is 0 Å². The summed E-state index contributed by atoms with van der Waals surface area (Å²) in [6.07, 6.45) is 7.44. The standard InChI is InChI=1S/C40H31N3.C2H6/c1-2-8-34(42)19-15-33(26-41)30-16-20-36-32(24-30)18-22-38-37-21-17-31(29-14-13-27-9-6-7-10-28(27)23-29)25-39(37)43(40(36)38)35-11-4-3-5-12-35;1-2/h2-18,20-26,41H,1,19,42H2;1-2H3/b33-15+,34-8-,41-26?;. The highest BCUT2D eigenvalue weighted by Gasteiger charge is 2.16. The van der Waals surface area contributed by atoms with Crippen molar-refractivity contribution in [1.82, 2.24) is 4.57 Å². The highest BCUT2D eigenvalue weighted by molar-refractivity contribution is 6.20. The summed E-state index contributed by atoms with van der Waals surface area (Å²) < 4.78 is 2.39. The van der Waals surface area contributed by atoms with E-state index in [1.807, 2.05) is 19.9 Å². The number of nitrogens with one attached hydrogen (secondary N) is 1. The van der Waals surface area contributed by atoms with Gasteiger partial charge in [0.1, 0.15) is 0 Å². The third-order valence-corrected chi connectivity index (χ3v) is 8.22. The molecule has 0 amide bonds. The van der Waals surface area contributed by atoms with Gasteiger partial charge in [0.05, 0.1) is 11.0 Å². The van der Waals surface area contributed by atoms with Gasteiger partial charge in [0, 0.05) is 40.2 Å². The summed E-state index contributed by atoms with van der Waals surface area (Å²) in [4.78, 5) is 0. The molecule has 6 aromatic carbocycles. The van der Waals surface area contributed by atoms with Gasteiger partial charge in [-0.05, 0) is 74.8 Å². The number of benzene rings is 6. The van der Waals surface area contributed by atoms with E-state index in [1.54, 1.807) is 12.2 Å². The second-order valence-electron chi connectivity index (χ2n) is 10.8. The Balaban J connectivity index is 0.00000175. The van der Waals surface area contributed by atoms with Crippen LogP contribution >= 0.6 is 0 Å². The van der Waals surface area contributed by atoms with E-state index in [-0.39, 0.29) is 0 Å². The minimum atomic E-state index is 0.565. The van der Waals surface area contributed by atoms with E-state index in [2.05, 4.69) is 132 Å². The zero-order valence-electron chi connectivity index (χ0n) is 25.8. The second-order valence-corrected chi connectivity index (χ2v) is 10.8. The van der Waals surface area contributed by atoms with E-state index >= 15 is 0 Å². The van der Waals surface area contributed by atoms with Crippen molar-refractivity contribution in [2.75, 3.05) is 0 Å². The minimum Gasteiger partial charge on any atom is -0.402 e. The molecule has 0 saturated heterocycles. The Kier molecular flexibility index (Phi) is 8.43. The molecule has 7 aromatic rings. The normalized spacial score (nSPS) is 12.0. The number of fused-ring (bicyclic) bond motifs is 6. The highest BCUT2D eigenvalue weighted by Crippen LogP contribution is 2.39. The number of hydrogen-bond acceptors (Lipinski definition) is 2. The number of nitrogens with zero attached hydrogens (tertiary/aromatic N) is 1. The van der Waals surface area contributed by atoms with Gasteiger partial charge in [-0.3, -0.25) is 0 Å². The van der Waals surface area contributed by atoms with Crippen molar-refractivity contribution >= 4 is 55.1 Å². The van der Waals surface area contributed by atoms with E-state index < -0.39 is 0 Å². The largest absolute Gasteiger partial charge is 0.402 e. The van der Waals surface area contributed by atoms with E-state index in [9.17, 15) is 0 Å². The van der Waals surface area contributed by atoms with E-state index in [4.69, 9.17) is 11.1 Å². The summed E-state index contributed by atoms with van der Waals surface area (Å²) in [5, 5.41) is 15.3. The lowest BCUT2D eigenvalue weighted by molar-refractivity contribution is 1.17. The van der Waals surface area contributed by atoms with Gasteiger partial charge in [0.25, 0.3) is 0 Å². The van der Waals surface area contributed by atoms with E-state index in [1.165, 1.54) is 55.3 Å². The lowest BCUT2D eigenvalue weighted by Crippen LogP contribution is -1.96. The van der Waals surface area contributed by atoms with Gasteiger partial charge in [-0.1, -0.05) is 124 Å². The summed E-state index contributed by atoms with van der Waals surface area (Å²) in [5.41, 5.74) is 14.5. The van der Waals surface area contributed by atoms with Crippen LogP contribution in [0.4, 0.5) is 0 Å². The molecule has 0 aliphatic carbocycles. The molecule has 0 fully saturated rings. The van der Waals surface area contributed by atoms with Gasteiger partial charge in [0.2, 0.25) is 0 Å². The van der Waals surface area contributed by atoms with Crippen molar-refractivity contribution in [3.05, 3.63) is 157 Å². The van der Waals surface area contributed by atoms with Crippen molar-refractivity contribution < 1.29 is 0 Å². The molecule has 0 unspecified atom stereocenters. The number of rotatable bonds is 7. The average molecular weight is 584 g/mol. The predicted octanol–water partition coefficient (Wildman–Crippen LogP) is 11.2. The Morgan fingerprint density at radius 3 is 2.16 bits per heavy atom. The molecule has 220 valence electrons. The third-order valence-electron chi connectivity index (χ3n) is 8.22. The van der Waals surface area contributed by atoms with Crippen LogP contribution in [0.2, 0.25) is 0 Å². The first-order valence-electron chi connectivity index (χ1n) is 15.5. The first-order chi connectivity index (χ1) is 22.1. The summed E-state index contributed by atoms with van der Waals surface area (Å²) in [5.74, 6) is 0. The van der Waals surface area contributed by atoms with Crippen LogP contribution in [0, 0.1) is 5.41 Å². The Hall–Kier alpha value is -5.67. The van der Waals surface area contributed by atoms with Crippen LogP contribution in [0.3, 0.4) is 0 Å². The smallest absolute Gasteiger partial charge is 0.0619 e. The molecule has 1 aromatic heterocycles. The molecule has 1 heterocycles. The molecule has 3 N–H and O–H groups in total. The van der Waals surface area contributed by atoms with Crippen molar-refractivity contribution in [3.63, 3.8) is 0 Å². The summed E-state index contributed by atoms with van der Waals surface area (Å²) in [7, 11) is 0. The molecule has 0 aliphatic rings. The molecular weight excluding hydrogens is 546 g/mol. The molecule has 0 atom stereocenters. The van der Waals surface area contributed by atoms with Gasteiger partial charge in [0.15, 0.2) is 0 Å². The Bertz CT molecular complexity index is 2250. The Labute approximate surface area is 264 Å². The van der Waals surface area contributed by atoms with Crippen molar-refractivity contribution in [3.8, 4) is 16.8 Å². The summed E-state index contributed by atoms with van der Waals surface area (Å²) in [6.45, 7) is 7.72. The molecule has 0 spiro atoms. The van der Waals surface area contributed by atoms with Crippen molar-refractivity contribution in [2.45, 2.75) is 20.3 Å². The van der Waals surface area contributed by atoms with Gasteiger partial charge in [-0.2, -0.15) is 0 Å². The van der Waals surface area contributed by atoms with E-state index in [0.717, 1.165) is 22.2 Å². The van der Waals surface area contributed by atoms with Crippen LogP contribution in [0.1, 0.15) is 25.8 Å². The quantitative estimate of drug-likeness (QED) is 0.142. The van der Waals surface area contributed by atoms with Gasteiger partial charge < -0.3 is 15.7 Å². The highest BCUT2D eigenvalue weighted by atomic mass is 15.0. The van der Waals surface area contributed by atoms with Crippen LogP contribution < -0.4 is 5.73 Å². The van der Waals surface area contributed by atoms with Crippen molar-refractivity contribution in [2.24, 2.45) is 5.73 Å². The fourth-order valence-electron chi connectivity index (χ4n) is 6.12. The minimum absolute atomic E-state index is 0.565. The summed E-state index contributed by atoms with van der Waals surface area (Å²) >= 11 is 0. The van der Waals surface area contributed by atoms with Gasteiger partial charge >= 0.3 is 0 Å². The molecule has 3 heteroatoms. The fraction of sp³-hybridized carbons (Fsp3) is 0.0714. The lowest BCUT2D eigenvalue weighted by atomic mass is 9.98. The Morgan fingerprint density at radius 1 is 0.711 bits per heavy atom. The number of para-hydroxylation sites is 1. The zero-order valence-corrected chi connectivity index (χ0v) is 25.8. The number of nitrogens with two attached hydrogens (primary N) is 1. The summed E-state index contributed by atoms with van der Waals surface area (Å²) in [6, 6.07) is 43.5. The fourth-order valence-corrected chi connectivity index (χ4v) is 6.12. The SMILES string of the molecule is C=C/C=C(\N)C/C=C(\C=N)c1ccc2c(ccc3c4ccc(-c5ccc6ccccc6c5)cc4n(-c4ccccc4)c23)c1.CC. The number of allylic oxidation sites excluding steroid dienone is 4. The molecule has 0 aliphatic heterocycles. The first kappa shape index (κ1) is 29.4. The van der Waals surface area contributed by atoms with Crippen LogP contribution in [-0.4, -0.2) is 10.8 Å². The molecular formula is C42H37N3. The second kappa shape index (κ2) is 12.9. The lowest BCUT2D eigenvalue weighted by Gasteiger charge is -2.12. The number of aromatic nitrogens is 1. The maximum Gasteiger partial charge on any atom is 0.0619 e. The Morgan fingerprint density at radius 2 is 1.38 bits per heavy atom. The molecule has 0 saturated carbocycles. The third kappa shape index (κ3) is 5.57. The predicted molar refractivity (Wildman–Crippen MR) is 196 cm³/mol. The van der Waals surface area contributed by atoms with Crippen LogP contribution in [0.25, 0.3) is 65.7 Å². The zero-order chi connectivity index (χ0) is 31.3. The topological polar surface area (TPSA) is 54.8 Å². The van der Waals surface area contributed by atoms with Gasteiger partial charge in [-0.25, -0.2) is 0 Å². The average Bonchev–Trinajstić information content (AvgIpc) is 3.43.